The number of esters is 1. The molecule has 0 radical (unpaired) electrons. The molecule has 2 heterocycles. The van der Waals surface area contributed by atoms with Gasteiger partial charge in [0.15, 0.2) is 6.61 Å². The summed E-state index contributed by atoms with van der Waals surface area (Å²) in [6.07, 6.45) is 4.74. The molecule has 1 saturated heterocycles. The average molecular weight is 485 g/mol. The number of likely N-dealkylation sites (tertiary alicyclic amines) is 1. The molecule has 0 bridgehead atoms. The van der Waals surface area contributed by atoms with Crippen molar-refractivity contribution in [3.05, 3.63) is 56.3 Å². The van der Waals surface area contributed by atoms with Gasteiger partial charge < -0.3 is 9.64 Å². The SMILES string of the molecule is Cc1nn(Cc2ccc(Cl)cc2Cl)c(Cl)c1C=CC(=O)OCC(=O)N1CCC(C)CC1. The number of rotatable bonds is 6. The first-order valence-corrected chi connectivity index (χ1v) is 11.2. The number of piperidine rings is 1. The highest BCUT2D eigenvalue weighted by molar-refractivity contribution is 6.35. The number of nitrogens with zero attached hydrogens (tertiary/aromatic N) is 3. The van der Waals surface area contributed by atoms with Crippen molar-refractivity contribution in [1.29, 1.82) is 0 Å². The number of hydrogen-bond acceptors (Lipinski definition) is 4. The summed E-state index contributed by atoms with van der Waals surface area (Å²) in [5.41, 5.74) is 2.06. The van der Waals surface area contributed by atoms with Gasteiger partial charge in [0.2, 0.25) is 0 Å². The van der Waals surface area contributed by atoms with E-state index in [1.165, 1.54) is 6.08 Å². The molecule has 3 rings (SSSR count). The predicted molar refractivity (Wildman–Crippen MR) is 123 cm³/mol. The Labute approximate surface area is 196 Å². The maximum atomic E-state index is 12.2. The second-order valence-electron chi connectivity index (χ2n) is 7.69. The molecule has 6 nitrogen and oxygen atoms in total. The second-order valence-corrected chi connectivity index (χ2v) is 8.89. The Bertz CT molecular complexity index is 995. The van der Waals surface area contributed by atoms with E-state index in [2.05, 4.69) is 12.0 Å². The van der Waals surface area contributed by atoms with Crippen LogP contribution in [-0.2, 0) is 20.9 Å². The number of amides is 1. The van der Waals surface area contributed by atoms with Gasteiger partial charge in [0.25, 0.3) is 5.91 Å². The number of ether oxygens (including phenoxy) is 1. The largest absolute Gasteiger partial charge is 0.452 e. The van der Waals surface area contributed by atoms with Gasteiger partial charge in [-0.05, 0) is 49.5 Å². The summed E-state index contributed by atoms with van der Waals surface area (Å²) in [5, 5.41) is 5.85. The van der Waals surface area contributed by atoms with E-state index in [9.17, 15) is 9.59 Å². The van der Waals surface area contributed by atoms with Crippen LogP contribution in [0.4, 0.5) is 0 Å². The fourth-order valence-corrected chi connectivity index (χ4v) is 4.12. The van der Waals surface area contributed by atoms with Gasteiger partial charge in [-0.3, -0.25) is 4.79 Å². The van der Waals surface area contributed by atoms with Crippen LogP contribution in [0.15, 0.2) is 24.3 Å². The lowest BCUT2D eigenvalue weighted by atomic mass is 9.99. The highest BCUT2D eigenvalue weighted by Gasteiger charge is 2.21. The molecule has 0 aliphatic carbocycles. The molecule has 0 unspecified atom stereocenters. The van der Waals surface area contributed by atoms with Gasteiger partial charge in [0.1, 0.15) is 5.15 Å². The van der Waals surface area contributed by atoms with Crippen LogP contribution in [0, 0.1) is 12.8 Å². The van der Waals surface area contributed by atoms with Crippen molar-refractivity contribution in [3.63, 3.8) is 0 Å². The smallest absolute Gasteiger partial charge is 0.331 e. The molecular weight excluding hydrogens is 461 g/mol. The lowest BCUT2D eigenvalue weighted by Crippen LogP contribution is -2.40. The first kappa shape index (κ1) is 23.6. The molecule has 1 aliphatic rings. The summed E-state index contributed by atoms with van der Waals surface area (Å²) in [4.78, 5) is 26.0. The highest BCUT2D eigenvalue weighted by Crippen LogP contribution is 2.26. The topological polar surface area (TPSA) is 64.4 Å². The van der Waals surface area contributed by atoms with Gasteiger partial charge in [-0.2, -0.15) is 5.10 Å². The third kappa shape index (κ3) is 6.25. The lowest BCUT2D eigenvalue weighted by molar-refractivity contribution is -0.148. The molecule has 1 aromatic carbocycles. The lowest BCUT2D eigenvalue weighted by Gasteiger charge is -2.30. The van der Waals surface area contributed by atoms with Crippen molar-refractivity contribution in [2.24, 2.45) is 5.92 Å². The first-order chi connectivity index (χ1) is 14.7. The van der Waals surface area contributed by atoms with E-state index >= 15 is 0 Å². The Hall–Kier alpha value is -2.02. The molecule has 2 aromatic rings. The van der Waals surface area contributed by atoms with E-state index in [-0.39, 0.29) is 12.5 Å². The van der Waals surface area contributed by atoms with Crippen molar-refractivity contribution in [2.45, 2.75) is 33.2 Å². The molecule has 1 aromatic heterocycles. The van der Waals surface area contributed by atoms with Crippen LogP contribution in [0.25, 0.3) is 6.08 Å². The van der Waals surface area contributed by atoms with Crippen LogP contribution < -0.4 is 0 Å². The van der Waals surface area contributed by atoms with Crippen molar-refractivity contribution < 1.29 is 14.3 Å². The monoisotopic (exact) mass is 483 g/mol. The Kier molecular flexibility index (Phi) is 8.03. The molecule has 166 valence electrons. The standard InChI is InChI=1S/C22H24Cl3N3O3/c1-14-7-9-27(10-8-14)20(29)13-31-21(30)6-5-18-15(2)26-28(22(18)25)12-16-3-4-17(23)11-19(16)24/h3-6,11,14H,7-10,12-13H2,1-2H3. The average Bonchev–Trinajstić information content (AvgIpc) is 2.99. The van der Waals surface area contributed by atoms with Crippen LogP contribution in [-0.4, -0.2) is 46.3 Å². The maximum absolute atomic E-state index is 12.2. The maximum Gasteiger partial charge on any atom is 0.331 e. The quantitative estimate of drug-likeness (QED) is 0.427. The predicted octanol–water partition coefficient (Wildman–Crippen LogP) is 5.01. The molecule has 0 atom stereocenters. The van der Waals surface area contributed by atoms with Gasteiger partial charge in [-0.25, -0.2) is 9.48 Å². The molecule has 9 heteroatoms. The Morgan fingerprint density at radius 3 is 2.61 bits per heavy atom. The zero-order valence-electron chi connectivity index (χ0n) is 17.4. The summed E-state index contributed by atoms with van der Waals surface area (Å²) in [5.74, 6) is -0.155. The minimum atomic E-state index is -0.609. The summed E-state index contributed by atoms with van der Waals surface area (Å²) in [6.45, 7) is 5.47. The van der Waals surface area contributed by atoms with Crippen molar-refractivity contribution in [3.8, 4) is 0 Å². The van der Waals surface area contributed by atoms with E-state index in [0.717, 1.165) is 18.4 Å². The normalized spacial score (nSPS) is 14.9. The van der Waals surface area contributed by atoms with Gasteiger partial charge in [0, 0.05) is 34.8 Å². The van der Waals surface area contributed by atoms with Crippen LogP contribution in [0.1, 0.15) is 36.6 Å². The summed E-state index contributed by atoms with van der Waals surface area (Å²) < 4.78 is 6.69. The second kappa shape index (κ2) is 10.5. The van der Waals surface area contributed by atoms with Crippen LogP contribution in [0.3, 0.4) is 0 Å². The van der Waals surface area contributed by atoms with E-state index in [0.29, 0.717) is 52.0 Å². The number of aryl methyl sites for hydroxylation is 1. The summed E-state index contributed by atoms with van der Waals surface area (Å²) in [7, 11) is 0. The Morgan fingerprint density at radius 1 is 1.23 bits per heavy atom. The van der Waals surface area contributed by atoms with E-state index in [1.807, 2.05) is 6.07 Å². The molecule has 0 saturated carbocycles. The van der Waals surface area contributed by atoms with Gasteiger partial charge in [-0.1, -0.05) is 47.8 Å². The van der Waals surface area contributed by atoms with Crippen LogP contribution in [0.2, 0.25) is 15.2 Å². The number of carbonyl (C=O) groups excluding carboxylic acids is 2. The zero-order chi connectivity index (χ0) is 22.5. The molecule has 1 fully saturated rings. The Morgan fingerprint density at radius 2 is 1.94 bits per heavy atom. The fraction of sp³-hybridized carbons (Fsp3) is 0.409. The van der Waals surface area contributed by atoms with Gasteiger partial charge in [-0.15, -0.1) is 0 Å². The summed E-state index contributed by atoms with van der Waals surface area (Å²) in [6, 6.07) is 5.21. The van der Waals surface area contributed by atoms with E-state index in [4.69, 9.17) is 39.5 Å². The van der Waals surface area contributed by atoms with Gasteiger partial charge in [0.05, 0.1) is 12.2 Å². The third-order valence-electron chi connectivity index (χ3n) is 5.30. The molecule has 0 N–H and O–H groups in total. The minimum absolute atomic E-state index is 0.171. The number of benzene rings is 1. The van der Waals surface area contributed by atoms with Crippen molar-refractivity contribution in [1.82, 2.24) is 14.7 Å². The number of carbonyl (C=O) groups is 2. The zero-order valence-corrected chi connectivity index (χ0v) is 19.7. The number of aromatic nitrogens is 2. The Balaban J connectivity index is 1.59. The number of halogens is 3. The third-order valence-corrected chi connectivity index (χ3v) is 6.29. The van der Waals surface area contributed by atoms with Crippen LogP contribution >= 0.6 is 34.8 Å². The molecule has 31 heavy (non-hydrogen) atoms. The number of hydrogen-bond donors (Lipinski definition) is 0. The van der Waals surface area contributed by atoms with Crippen molar-refractivity contribution in [2.75, 3.05) is 19.7 Å². The van der Waals surface area contributed by atoms with E-state index < -0.39 is 5.97 Å². The molecule has 1 aliphatic heterocycles. The molecule has 0 spiro atoms. The van der Waals surface area contributed by atoms with Crippen LogP contribution in [0.5, 0.6) is 0 Å². The fourth-order valence-electron chi connectivity index (χ4n) is 3.35. The first-order valence-electron chi connectivity index (χ1n) is 10.0. The highest BCUT2D eigenvalue weighted by atomic mass is 35.5. The summed E-state index contributed by atoms with van der Waals surface area (Å²) >= 11 is 18.6. The molecular formula is C22H24Cl3N3O3. The van der Waals surface area contributed by atoms with Crippen molar-refractivity contribution >= 4 is 52.8 Å². The van der Waals surface area contributed by atoms with E-state index in [1.54, 1.807) is 34.7 Å². The molecule has 1 amide bonds. The minimum Gasteiger partial charge on any atom is -0.452 e. The van der Waals surface area contributed by atoms with Gasteiger partial charge >= 0.3 is 5.97 Å².